The Hall–Kier alpha value is -1.52. The van der Waals surface area contributed by atoms with Crippen molar-refractivity contribution in [2.45, 2.75) is 6.54 Å². The Labute approximate surface area is 115 Å². The van der Waals surface area contributed by atoms with Gasteiger partial charge in [-0.15, -0.1) is 0 Å². The molecule has 0 aliphatic heterocycles. The van der Waals surface area contributed by atoms with Gasteiger partial charge in [-0.1, -0.05) is 6.07 Å². The summed E-state index contributed by atoms with van der Waals surface area (Å²) in [5.41, 5.74) is 7.96. The molecule has 0 aliphatic rings. The van der Waals surface area contributed by atoms with Crippen LogP contribution in [-0.4, -0.2) is 50.0 Å². The Bertz CT molecular complexity index is 540. The van der Waals surface area contributed by atoms with E-state index in [-0.39, 0.29) is 0 Å². The highest BCUT2D eigenvalue weighted by molar-refractivity contribution is 5.91. The van der Waals surface area contributed by atoms with Crippen LogP contribution in [0.3, 0.4) is 0 Å². The van der Waals surface area contributed by atoms with E-state index in [2.05, 4.69) is 44.0 Å². The molecule has 0 amide bonds. The molecule has 0 saturated heterocycles. The summed E-state index contributed by atoms with van der Waals surface area (Å²) in [5, 5.41) is 1.12. The van der Waals surface area contributed by atoms with Crippen molar-refractivity contribution in [2.24, 2.45) is 0 Å². The smallest absolute Gasteiger partial charge is 0.102 e. The van der Waals surface area contributed by atoms with Gasteiger partial charge in [0.1, 0.15) is 6.54 Å². The summed E-state index contributed by atoms with van der Waals surface area (Å²) in [6.07, 6.45) is 2.07. The Morgan fingerprint density at radius 1 is 1.16 bits per heavy atom. The van der Waals surface area contributed by atoms with Crippen LogP contribution in [0.1, 0.15) is 0 Å². The molecule has 104 valence electrons. The number of hydrogen-bond donors (Lipinski definition) is 1. The number of nitrogens with two attached hydrogens (primary N) is 1. The number of rotatable bonds is 6. The van der Waals surface area contributed by atoms with Crippen molar-refractivity contribution in [2.75, 3.05) is 46.6 Å². The lowest BCUT2D eigenvalue weighted by Crippen LogP contribution is -2.37. The molecule has 4 nitrogen and oxygen atoms in total. The second-order valence-corrected chi connectivity index (χ2v) is 5.92. The third-order valence-electron chi connectivity index (χ3n) is 3.23. The molecular formula is C15H24N3O+. The molecule has 1 aromatic carbocycles. The van der Waals surface area contributed by atoms with Crippen LogP contribution in [0.25, 0.3) is 10.9 Å². The number of ether oxygens (including phenoxy) is 1. The average Bonchev–Trinajstić information content (AvgIpc) is 2.72. The minimum atomic E-state index is 0.735. The molecule has 1 heterocycles. The SMILES string of the molecule is C[N+](C)(C)CCOCCn1ccc2c(N)cccc21. The van der Waals surface area contributed by atoms with Gasteiger partial charge in [0.05, 0.1) is 39.9 Å². The Balaban J connectivity index is 1.87. The maximum atomic E-state index is 5.95. The minimum Gasteiger partial charge on any atom is -0.398 e. The molecule has 2 rings (SSSR count). The quantitative estimate of drug-likeness (QED) is 0.491. The van der Waals surface area contributed by atoms with Crippen LogP contribution >= 0.6 is 0 Å². The normalized spacial score (nSPS) is 12.2. The number of nitrogens with zero attached hydrogens (tertiary/aromatic N) is 2. The molecule has 0 saturated carbocycles. The first-order valence-corrected chi connectivity index (χ1v) is 6.69. The molecule has 0 atom stereocenters. The molecule has 0 spiro atoms. The molecule has 0 fully saturated rings. The van der Waals surface area contributed by atoms with E-state index in [1.54, 1.807) is 0 Å². The van der Waals surface area contributed by atoms with Gasteiger partial charge in [0.25, 0.3) is 0 Å². The van der Waals surface area contributed by atoms with Crippen molar-refractivity contribution < 1.29 is 9.22 Å². The van der Waals surface area contributed by atoms with E-state index in [1.807, 2.05) is 12.1 Å². The zero-order valence-electron chi connectivity index (χ0n) is 12.1. The first-order chi connectivity index (χ1) is 8.97. The summed E-state index contributed by atoms with van der Waals surface area (Å²) < 4.78 is 8.82. The van der Waals surface area contributed by atoms with Crippen molar-refractivity contribution in [3.63, 3.8) is 0 Å². The molecule has 0 aliphatic carbocycles. The highest BCUT2D eigenvalue weighted by atomic mass is 16.5. The summed E-state index contributed by atoms with van der Waals surface area (Å²) >= 11 is 0. The van der Waals surface area contributed by atoms with Gasteiger partial charge in [-0.25, -0.2) is 0 Å². The third-order valence-corrected chi connectivity index (χ3v) is 3.23. The van der Waals surface area contributed by atoms with Gasteiger partial charge >= 0.3 is 0 Å². The zero-order valence-corrected chi connectivity index (χ0v) is 12.1. The van der Waals surface area contributed by atoms with Gasteiger partial charge in [-0.3, -0.25) is 0 Å². The van der Waals surface area contributed by atoms with Crippen LogP contribution in [0, 0.1) is 0 Å². The van der Waals surface area contributed by atoms with Gasteiger partial charge in [0.2, 0.25) is 0 Å². The first kappa shape index (κ1) is 13.9. The van der Waals surface area contributed by atoms with Crippen LogP contribution in [0.5, 0.6) is 0 Å². The highest BCUT2D eigenvalue weighted by Gasteiger charge is 2.06. The number of anilines is 1. The van der Waals surface area contributed by atoms with Crippen molar-refractivity contribution in [1.82, 2.24) is 4.57 Å². The fraction of sp³-hybridized carbons (Fsp3) is 0.467. The molecule has 4 heteroatoms. The second kappa shape index (κ2) is 5.63. The number of aromatic nitrogens is 1. The molecular weight excluding hydrogens is 238 g/mol. The topological polar surface area (TPSA) is 40.2 Å². The van der Waals surface area contributed by atoms with E-state index < -0.39 is 0 Å². The van der Waals surface area contributed by atoms with Gasteiger partial charge < -0.3 is 19.5 Å². The van der Waals surface area contributed by atoms with E-state index in [0.29, 0.717) is 0 Å². The molecule has 19 heavy (non-hydrogen) atoms. The van der Waals surface area contributed by atoms with E-state index >= 15 is 0 Å². The molecule has 0 unspecified atom stereocenters. The number of hydrogen-bond acceptors (Lipinski definition) is 2. The van der Waals surface area contributed by atoms with Crippen molar-refractivity contribution in [3.05, 3.63) is 30.5 Å². The predicted octanol–water partition coefficient (Wildman–Crippen LogP) is 1.95. The van der Waals surface area contributed by atoms with Gasteiger partial charge in [0.15, 0.2) is 0 Å². The standard InChI is InChI=1S/C15H24N3O/c1-18(2,3)10-12-19-11-9-17-8-7-13-14(16)5-4-6-15(13)17/h4-8H,9-12,16H2,1-3H3/q+1. The van der Waals surface area contributed by atoms with Gasteiger partial charge in [0, 0.05) is 23.8 Å². The summed E-state index contributed by atoms with van der Waals surface area (Å²) in [6, 6.07) is 8.09. The number of likely N-dealkylation sites (N-methyl/N-ethyl adjacent to an activating group) is 1. The van der Waals surface area contributed by atoms with Crippen molar-refractivity contribution >= 4 is 16.6 Å². The lowest BCUT2D eigenvalue weighted by Gasteiger charge is -2.23. The van der Waals surface area contributed by atoms with E-state index in [9.17, 15) is 0 Å². The van der Waals surface area contributed by atoms with Crippen molar-refractivity contribution in [3.8, 4) is 0 Å². The molecule has 0 radical (unpaired) electrons. The van der Waals surface area contributed by atoms with Crippen LogP contribution < -0.4 is 5.73 Å². The Morgan fingerprint density at radius 3 is 2.68 bits per heavy atom. The lowest BCUT2D eigenvalue weighted by atomic mass is 10.2. The van der Waals surface area contributed by atoms with Crippen LogP contribution in [0.4, 0.5) is 5.69 Å². The Kier molecular flexibility index (Phi) is 4.12. The summed E-state index contributed by atoms with van der Waals surface area (Å²) in [5.74, 6) is 0. The largest absolute Gasteiger partial charge is 0.398 e. The second-order valence-electron chi connectivity index (χ2n) is 5.92. The van der Waals surface area contributed by atoms with E-state index in [4.69, 9.17) is 10.5 Å². The predicted molar refractivity (Wildman–Crippen MR) is 80.1 cm³/mol. The minimum absolute atomic E-state index is 0.735. The van der Waals surface area contributed by atoms with E-state index in [0.717, 1.165) is 41.9 Å². The van der Waals surface area contributed by atoms with Gasteiger partial charge in [-0.05, 0) is 18.2 Å². The summed E-state index contributed by atoms with van der Waals surface area (Å²) in [6.45, 7) is 3.42. The summed E-state index contributed by atoms with van der Waals surface area (Å²) in [7, 11) is 6.52. The zero-order chi connectivity index (χ0) is 13.9. The molecule has 2 N–H and O–H groups in total. The maximum Gasteiger partial charge on any atom is 0.102 e. The van der Waals surface area contributed by atoms with Crippen molar-refractivity contribution in [1.29, 1.82) is 0 Å². The fourth-order valence-electron chi connectivity index (χ4n) is 2.05. The first-order valence-electron chi connectivity index (χ1n) is 6.69. The number of quaternary nitrogens is 1. The molecule has 2 aromatic rings. The number of benzene rings is 1. The number of nitrogen functional groups attached to an aromatic ring is 1. The third kappa shape index (κ3) is 3.72. The number of fused-ring (bicyclic) bond motifs is 1. The maximum absolute atomic E-state index is 5.95. The fourth-order valence-corrected chi connectivity index (χ4v) is 2.05. The van der Waals surface area contributed by atoms with Crippen LogP contribution in [0.2, 0.25) is 0 Å². The summed E-state index contributed by atoms with van der Waals surface area (Å²) in [4.78, 5) is 0. The molecule has 0 bridgehead atoms. The Morgan fingerprint density at radius 2 is 1.95 bits per heavy atom. The molecule has 1 aromatic heterocycles. The van der Waals surface area contributed by atoms with Gasteiger partial charge in [-0.2, -0.15) is 0 Å². The van der Waals surface area contributed by atoms with Crippen LogP contribution in [0.15, 0.2) is 30.5 Å². The monoisotopic (exact) mass is 262 g/mol. The van der Waals surface area contributed by atoms with E-state index in [1.165, 1.54) is 5.52 Å². The lowest BCUT2D eigenvalue weighted by molar-refractivity contribution is -0.870. The highest BCUT2D eigenvalue weighted by Crippen LogP contribution is 2.21. The average molecular weight is 262 g/mol. The van der Waals surface area contributed by atoms with Crippen LogP contribution in [-0.2, 0) is 11.3 Å².